The van der Waals surface area contributed by atoms with E-state index < -0.39 is 0 Å². The molecular formula is C10H12Br2N2OS. The van der Waals surface area contributed by atoms with Crippen LogP contribution in [0.4, 0.5) is 0 Å². The first kappa shape index (κ1) is 12.5. The molecular weight excluding hydrogens is 356 g/mol. The highest BCUT2D eigenvalue weighted by Gasteiger charge is 2.17. The van der Waals surface area contributed by atoms with Gasteiger partial charge in [0.15, 0.2) is 0 Å². The Morgan fingerprint density at radius 3 is 3.00 bits per heavy atom. The predicted octanol–water partition coefficient (Wildman–Crippen LogP) is 2.61. The van der Waals surface area contributed by atoms with E-state index in [1.807, 2.05) is 6.07 Å². The minimum atomic E-state index is 0.000671. The lowest BCUT2D eigenvalue weighted by molar-refractivity contribution is 0.0948. The lowest BCUT2D eigenvalue weighted by Crippen LogP contribution is -2.30. The Bertz CT molecular complexity index is 388. The van der Waals surface area contributed by atoms with Gasteiger partial charge >= 0.3 is 0 Å². The van der Waals surface area contributed by atoms with Crippen molar-refractivity contribution in [3.8, 4) is 0 Å². The van der Waals surface area contributed by atoms with E-state index in [4.69, 9.17) is 0 Å². The molecule has 6 heteroatoms. The molecule has 0 aliphatic carbocycles. The first-order valence-electron chi connectivity index (χ1n) is 5.10. The highest BCUT2D eigenvalue weighted by atomic mass is 79.9. The van der Waals surface area contributed by atoms with Crippen molar-refractivity contribution in [3.05, 3.63) is 19.2 Å². The molecule has 1 aromatic heterocycles. The Hall–Kier alpha value is 0.0900. The second kappa shape index (κ2) is 5.62. The van der Waals surface area contributed by atoms with Crippen molar-refractivity contribution in [2.24, 2.45) is 5.92 Å². The van der Waals surface area contributed by atoms with Gasteiger partial charge in [-0.25, -0.2) is 0 Å². The van der Waals surface area contributed by atoms with E-state index in [0.717, 1.165) is 33.6 Å². The molecule has 2 rings (SSSR count). The number of rotatable bonds is 3. The van der Waals surface area contributed by atoms with Gasteiger partial charge in [-0.3, -0.25) is 4.79 Å². The maximum Gasteiger partial charge on any atom is 0.253 e. The van der Waals surface area contributed by atoms with Crippen LogP contribution in [0.3, 0.4) is 0 Å². The molecule has 2 N–H and O–H groups in total. The summed E-state index contributed by atoms with van der Waals surface area (Å²) >= 11 is 8.27. The number of hydrogen-bond donors (Lipinski definition) is 2. The second-order valence-electron chi connectivity index (χ2n) is 3.81. The zero-order chi connectivity index (χ0) is 11.5. The van der Waals surface area contributed by atoms with Crippen molar-refractivity contribution in [1.82, 2.24) is 10.6 Å². The number of thiophene rings is 1. The fourth-order valence-corrected chi connectivity index (χ4v) is 4.51. The Morgan fingerprint density at radius 2 is 2.44 bits per heavy atom. The largest absolute Gasteiger partial charge is 0.352 e. The Kier molecular flexibility index (Phi) is 4.41. The van der Waals surface area contributed by atoms with Crippen molar-refractivity contribution < 1.29 is 4.79 Å². The summed E-state index contributed by atoms with van der Waals surface area (Å²) in [6.07, 6.45) is 1.15. The molecule has 1 unspecified atom stereocenters. The zero-order valence-corrected chi connectivity index (χ0v) is 12.5. The molecule has 0 spiro atoms. The Balaban J connectivity index is 1.90. The van der Waals surface area contributed by atoms with E-state index in [2.05, 4.69) is 42.5 Å². The molecule has 88 valence electrons. The summed E-state index contributed by atoms with van der Waals surface area (Å²) in [6.45, 7) is 2.83. The van der Waals surface area contributed by atoms with Crippen molar-refractivity contribution in [3.63, 3.8) is 0 Å². The van der Waals surface area contributed by atoms with Gasteiger partial charge in [0.05, 0.1) is 13.1 Å². The maximum atomic E-state index is 11.9. The normalized spacial score (nSPS) is 20.0. The highest BCUT2D eigenvalue weighted by Crippen LogP contribution is 2.31. The summed E-state index contributed by atoms with van der Waals surface area (Å²) in [5.74, 6) is 0.575. The minimum Gasteiger partial charge on any atom is -0.352 e. The van der Waals surface area contributed by atoms with E-state index in [1.165, 1.54) is 11.3 Å². The van der Waals surface area contributed by atoms with Gasteiger partial charge in [-0.05, 0) is 63.4 Å². The van der Waals surface area contributed by atoms with Crippen LogP contribution in [0.2, 0.25) is 0 Å². The molecule has 1 fully saturated rings. The number of carbonyl (C=O) groups is 1. The van der Waals surface area contributed by atoms with E-state index in [9.17, 15) is 4.79 Å². The van der Waals surface area contributed by atoms with Crippen LogP contribution in [0.25, 0.3) is 0 Å². The van der Waals surface area contributed by atoms with Gasteiger partial charge in [0.25, 0.3) is 5.91 Å². The molecule has 3 nitrogen and oxygen atoms in total. The van der Waals surface area contributed by atoms with E-state index in [0.29, 0.717) is 11.5 Å². The van der Waals surface area contributed by atoms with Crippen LogP contribution in [0.1, 0.15) is 16.8 Å². The average Bonchev–Trinajstić information content (AvgIpc) is 2.84. The lowest BCUT2D eigenvalue weighted by Gasteiger charge is -2.09. The number of nitrogens with one attached hydrogen (secondary N) is 2. The lowest BCUT2D eigenvalue weighted by atomic mass is 10.1. The molecule has 0 saturated carbocycles. The quantitative estimate of drug-likeness (QED) is 0.862. The summed E-state index contributed by atoms with van der Waals surface area (Å²) in [6, 6.07) is 1.84. The number of amides is 1. The molecule has 0 radical (unpaired) electrons. The first-order valence-corrected chi connectivity index (χ1v) is 7.51. The molecule has 1 aromatic rings. The highest BCUT2D eigenvalue weighted by molar-refractivity contribution is 9.12. The molecule has 1 amide bonds. The zero-order valence-electron chi connectivity index (χ0n) is 8.56. The van der Waals surface area contributed by atoms with Crippen LogP contribution in [0, 0.1) is 5.92 Å². The van der Waals surface area contributed by atoms with Crippen LogP contribution < -0.4 is 10.6 Å². The molecule has 16 heavy (non-hydrogen) atoms. The van der Waals surface area contributed by atoms with E-state index >= 15 is 0 Å². The van der Waals surface area contributed by atoms with Crippen molar-refractivity contribution >= 4 is 49.1 Å². The maximum absolute atomic E-state index is 11.9. The van der Waals surface area contributed by atoms with E-state index in [1.54, 1.807) is 0 Å². The molecule has 1 saturated heterocycles. The van der Waals surface area contributed by atoms with E-state index in [-0.39, 0.29) is 5.91 Å². The van der Waals surface area contributed by atoms with Gasteiger partial charge in [0, 0.05) is 6.54 Å². The Labute approximate surface area is 115 Å². The summed E-state index contributed by atoms with van der Waals surface area (Å²) < 4.78 is 1.84. The van der Waals surface area contributed by atoms with Gasteiger partial charge < -0.3 is 10.6 Å². The Morgan fingerprint density at radius 1 is 1.62 bits per heavy atom. The standard InChI is InChI=1S/C10H12Br2N2OS/c11-8-3-7(9(12)16-8)10(15)14-5-6-1-2-13-4-6/h3,6,13H,1-2,4-5H2,(H,14,15). The smallest absolute Gasteiger partial charge is 0.253 e. The van der Waals surface area contributed by atoms with Crippen LogP contribution in [0.15, 0.2) is 13.6 Å². The SMILES string of the molecule is O=C(NCC1CCNC1)c1cc(Br)sc1Br. The molecule has 1 atom stereocenters. The number of hydrogen-bond acceptors (Lipinski definition) is 3. The van der Waals surface area contributed by atoms with Gasteiger partial charge in [0.2, 0.25) is 0 Å². The van der Waals surface area contributed by atoms with Crippen molar-refractivity contribution in [2.45, 2.75) is 6.42 Å². The summed E-state index contributed by atoms with van der Waals surface area (Å²) in [4.78, 5) is 11.9. The fourth-order valence-electron chi connectivity index (χ4n) is 1.72. The van der Waals surface area contributed by atoms with Gasteiger partial charge in [0.1, 0.15) is 0 Å². The topological polar surface area (TPSA) is 41.1 Å². The number of carbonyl (C=O) groups excluding carboxylic acids is 1. The van der Waals surface area contributed by atoms with Crippen LogP contribution in [-0.4, -0.2) is 25.5 Å². The summed E-state index contributed by atoms with van der Waals surface area (Å²) in [5, 5.41) is 6.26. The van der Waals surface area contributed by atoms with Crippen molar-refractivity contribution in [2.75, 3.05) is 19.6 Å². The summed E-state index contributed by atoms with van der Waals surface area (Å²) in [7, 11) is 0. The predicted molar refractivity (Wildman–Crippen MR) is 73.0 cm³/mol. The van der Waals surface area contributed by atoms with Gasteiger partial charge in [-0.2, -0.15) is 0 Å². The first-order chi connectivity index (χ1) is 7.66. The molecule has 1 aliphatic heterocycles. The third-order valence-electron chi connectivity index (χ3n) is 2.61. The molecule has 1 aliphatic rings. The second-order valence-corrected chi connectivity index (χ2v) is 7.56. The van der Waals surface area contributed by atoms with Gasteiger partial charge in [-0.1, -0.05) is 0 Å². The average molecular weight is 368 g/mol. The molecule has 2 heterocycles. The van der Waals surface area contributed by atoms with Crippen LogP contribution in [0.5, 0.6) is 0 Å². The molecule has 0 aromatic carbocycles. The molecule has 0 bridgehead atoms. The third-order valence-corrected chi connectivity index (χ3v) is 4.95. The van der Waals surface area contributed by atoms with Gasteiger partial charge in [-0.15, -0.1) is 11.3 Å². The minimum absolute atomic E-state index is 0.000671. The number of halogens is 2. The summed E-state index contributed by atoms with van der Waals surface area (Å²) in [5.41, 5.74) is 0.711. The third kappa shape index (κ3) is 3.06. The fraction of sp³-hybridized carbons (Fsp3) is 0.500. The monoisotopic (exact) mass is 366 g/mol. The van der Waals surface area contributed by atoms with Crippen LogP contribution >= 0.6 is 43.2 Å². The van der Waals surface area contributed by atoms with Crippen LogP contribution in [-0.2, 0) is 0 Å². The van der Waals surface area contributed by atoms with Crippen molar-refractivity contribution in [1.29, 1.82) is 0 Å².